The summed E-state index contributed by atoms with van der Waals surface area (Å²) in [6.45, 7) is 3.78. The molecule has 0 aliphatic carbocycles. The average Bonchev–Trinajstić information content (AvgIpc) is 2.67. The first kappa shape index (κ1) is 21.5. The average molecular weight is 442 g/mol. The van der Waals surface area contributed by atoms with Crippen molar-refractivity contribution in [2.75, 3.05) is 16.4 Å². The molecule has 0 aliphatic heterocycles. The minimum Gasteiger partial charge on any atom is -0.465 e. The topological polar surface area (TPSA) is 104 Å². The fourth-order valence-electron chi connectivity index (χ4n) is 2.93. The number of halogens is 1. The Morgan fingerprint density at radius 3 is 2.17 bits per heavy atom. The summed E-state index contributed by atoms with van der Waals surface area (Å²) in [6, 6.07) is 15.7. The number of amides is 2. The number of nitrogens with two attached hydrogens (primary N) is 1. The highest BCUT2D eigenvalue weighted by atomic mass is 35.5. The van der Waals surface area contributed by atoms with Crippen LogP contribution in [0.4, 0.5) is 21.9 Å². The van der Waals surface area contributed by atoms with E-state index in [1.165, 1.54) is 11.8 Å². The highest BCUT2D eigenvalue weighted by molar-refractivity contribution is 7.99. The Kier molecular flexibility index (Phi) is 6.54. The number of benzene rings is 3. The van der Waals surface area contributed by atoms with Gasteiger partial charge in [0, 0.05) is 37.4 Å². The molecule has 0 bridgehead atoms. The largest absolute Gasteiger partial charge is 0.465 e. The molecule has 3 aromatic rings. The van der Waals surface area contributed by atoms with Gasteiger partial charge in [-0.05, 0) is 79.6 Å². The van der Waals surface area contributed by atoms with Crippen molar-refractivity contribution in [2.24, 2.45) is 0 Å². The predicted molar refractivity (Wildman–Crippen MR) is 122 cm³/mol. The molecule has 3 aromatic carbocycles. The Hall–Kier alpha value is -3.16. The highest BCUT2D eigenvalue weighted by Crippen LogP contribution is 2.33. The van der Waals surface area contributed by atoms with Crippen molar-refractivity contribution in [2.45, 2.75) is 23.6 Å². The second-order valence-corrected chi connectivity index (χ2v) is 8.23. The van der Waals surface area contributed by atoms with Gasteiger partial charge in [-0.3, -0.25) is 10.1 Å². The Balaban J connectivity index is 1.73. The maximum Gasteiger partial charge on any atom is 0.409 e. The third-order valence-corrected chi connectivity index (χ3v) is 5.66. The summed E-state index contributed by atoms with van der Waals surface area (Å²) in [6.07, 6.45) is -1.11. The van der Waals surface area contributed by atoms with E-state index < -0.39 is 6.09 Å². The van der Waals surface area contributed by atoms with Gasteiger partial charge in [-0.1, -0.05) is 23.4 Å². The molecule has 8 heteroatoms. The van der Waals surface area contributed by atoms with E-state index in [-0.39, 0.29) is 5.91 Å². The van der Waals surface area contributed by atoms with Crippen LogP contribution in [0.2, 0.25) is 5.02 Å². The number of hydrogen-bond donors (Lipinski definition) is 4. The Morgan fingerprint density at radius 2 is 1.60 bits per heavy atom. The third kappa shape index (κ3) is 5.25. The second-order valence-electron chi connectivity index (χ2n) is 6.68. The van der Waals surface area contributed by atoms with Gasteiger partial charge in [0.25, 0.3) is 5.91 Å². The number of rotatable bonds is 5. The Morgan fingerprint density at radius 1 is 0.967 bits per heavy atom. The van der Waals surface area contributed by atoms with Crippen LogP contribution in [0.25, 0.3) is 0 Å². The number of carbonyl (C=O) groups excluding carboxylic acids is 1. The fourth-order valence-corrected chi connectivity index (χ4v) is 4.10. The molecule has 0 spiro atoms. The minimum absolute atomic E-state index is 0.254. The van der Waals surface area contributed by atoms with Crippen LogP contribution < -0.4 is 16.4 Å². The van der Waals surface area contributed by atoms with E-state index in [1.807, 2.05) is 13.8 Å². The number of nitrogen functional groups attached to an aromatic ring is 1. The second kappa shape index (κ2) is 9.11. The van der Waals surface area contributed by atoms with E-state index in [0.717, 1.165) is 26.6 Å². The van der Waals surface area contributed by atoms with Crippen molar-refractivity contribution < 1.29 is 14.7 Å². The first-order valence-electron chi connectivity index (χ1n) is 8.98. The molecular weight excluding hydrogens is 422 g/mol. The number of anilines is 3. The Bertz CT molecular complexity index is 1090. The SMILES string of the molecule is Cc1cc(Cl)cc(C)c1NC(=O)c1ccc(Sc2ccc(NC(=O)O)cc2)c(N)c1. The summed E-state index contributed by atoms with van der Waals surface area (Å²) >= 11 is 7.48. The summed E-state index contributed by atoms with van der Waals surface area (Å²) in [4.78, 5) is 25.0. The Labute approximate surface area is 183 Å². The molecule has 0 heterocycles. The van der Waals surface area contributed by atoms with Crippen molar-refractivity contribution in [3.63, 3.8) is 0 Å². The van der Waals surface area contributed by atoms with E-state index in [0.29, 0.717) is 22.0 Å². The molecule has 0 atom stereocenters. The summed E-state index contributed by atoms with van der Waals surface area (Å²) in [5, 5.41) is 14.6. The van der Waals surface area contributed by atoms with Gasteiger partial charge < -0.3 is 16.2 Å². The van der Waals surface area contributed by atoms with Crippen LogP contribution in [0.15, 0.2) is 64.4 Å². The van der Waals surface area contributed by atoms with Crippen molar-refractivity contribution >= 4 is 52.4 Å². The lowest BCUT2D eigenvalue weighted by atomic mass is 10.1. The van der Waals surface area contributed by atoms with E-state index in [1.54, 1.807) is 54.6 Å². The van der Waals surface area contributed by atoms with Gasteiger partial charge in [0.1, 0.15) is 0 Å². The van der Waals surface area contributed by atoms with Crippen LogP contribution in [0.1, 0.15) is 21.5 Å². The van der Waals surface area contributed by atoms with E-state index in [4.69, 9.17) is 22.4 Å². The number of carboxylic acid groups (broad SMARTS) is 1. The van der Waals surface area contributed by atoms with E-state index >= 15 is 0 Å². The van der Waals surface area contributed by atoms with Crippen LogP contribution in [0.3, 0.4) is 0 Å². The quantitative estimate of drug-likeness (QED) is 0.362. The van der Waals surface area contributed by atoms with Gasteiger partial charge in [-0.15, -0.1) is 0 Å². The van der Waals surface area contributed by atoms with Crippen LogP contribution >= 0.6 is 23.4 Å². The summed E-state index contributed by atoms with van der Waals surface area (Å²) < 4.78 is 0. The van der Waals surface area contributed by atoms with Gasteiger partial charge in [0.15, 0.2) is 0 Å². The molecule has 5 N–H and O–H groups in total. The van der Waals surface area contributed by atoms with E-state index in [2.05, 4.69) is 10.6 Å². The van der Waals surface area contributed by atoms with Crippen molar-refractivity contribution in [3.05, 3.63) is 76.3 Å². The molecule has 0 fully saturated rings. The highest BCUT2D eigenvalue weighted by Gasteiger charge is 2.13. The van der Waals surface area contributed by atoms with E-state index in [9.17, 15) is 9.59 Å². The molecule has 2 amide bonds. The monoisotopic (exact) mass is 441 g/mol. The molecule has 0 radical (unpaired) electrons. The number of aryl methyl sites for hydroxylation is 2. The molecule has 154 valence electrons. The lowest BCUT2D eigenvalue weighted by molar-refractivity contribution is 0.102. The standard InChI is InChI=1S/C22H20ClN3O3S/c1-12-9-15(23)10-13(2)20(12)26-21(27)14-3-8-19(18(24)11-14)30-17-6-4-16(5-7-17)25-22(28)29/h3-11,25H,24H2,1-2H3,(H,26,27)(H,28,29). The maximum absolute atomic E-state index is 12.7. The molecule has 30 heavy (non-hydrogen) atoms. The molecule has 0 saturated heterocycles. The molecule has 0 aliphatic rings. The van der Waals surface area contributed by atoms with Gasteiger partial charge in [0.2, 0.25) is 0 Å². The smallest absolute Gasteiger partial charge is 0.409 e. The fraction of sp³-hybridized carbons (Fsp3) is 0.0909. The summed E-state index contributed by atoms with van der Waals surface area (Å²) in [7, 11) is 0. The van der Waals surface area contributed by atoms with Crippen molar-refractivity contribution in [1.82, 2.24) is 0 Å². The zero-order valence-corrected chi connectivity index (χ0v) is 17.9. The normalized spacial score (nSPS) is 10.5. The minimum atomic E-state index is -1.11. The molecular formula is C22H20ClN3O3S. The lowest BCUT2D eigenvalue weighted by Crippen LogP contribution is -2.14. The van der Waals surface area contributed by atoms with Crippen LogP contribution in [-0.4, -0.2) is 17.1 Å². The van der Waals surface area contributed by atoms with Crippen molar-refractivity contribution in [1.29, 1.82) is 0 Å². The van der Waals surface area contributed by atoms with Gasteiger partial charge in [-0.2, -0.15) is 0 Å². The van der Waals surface area contributed by atoms with Crippen molar-refractivity contribution in [3.8, 4) is 0 Å². The van der Waals surface area contributed by atoms with Crippen LogP contribution in [0, 0.1) is 13.8 Å². The van der Waals surface area contributed by atoms with Gasteiger partial charge in [-0.25, -0.2) is 4.79 Å². The van der Waals surface area contributed by atoms with Crippen LogP contribution in [-0.2, 0) is 0 Å². The van der Waals surface area contributed by atoms with Gasteiger partial charge >= 0.3 is 6.09 Å². The summed E-state index contributed by atoms with van der Waals surface area (Å²) in [5.41, 5.74) is 10.1. The first-order chi connectivity index (χ1) is 14.2. The zero-order chi connectivity index (χ0) is 21.8. The first-order valence-corrected chi connectivity index (χ1v) is 10.2. The molecule has 0 saturated carbocycles. The third-order valence-electron chi connectivity index (χ3n) is 4.34. The number of hydrogen-bond acceptors (Lipinski definition) is 4. The summed E-state index contributed by atoms with van der Waals surface area (Å²) in [5.74, 6) is -0.254. The molecule has 0 unspecified atom stereocenters. The van der Waals surface area contributed by atoms with Crippen LogP contribution in [0.5, 0.6) is 0 Å². The molecule has 6 nitrogen and oxygen atoms in total. The maximum atomic E-state index is 12.7. The predicted octanol–water partition coefficient (Wildman–Crippen LogP) is 6.03. The molecule has 3 rings (SSSR count). The number of nitrogens with one attached hydrogen (secondary N) is 2. The zero-order valence-electron chi connectivity index (χ0n) is 16.3. The lowest BCUT2D eigenvalue weighted by Gasteiger charge is -2.13. The molecule has 0 aromatic heterocycles. The number of carbonyl (C=O) groups is 2. The van der Waals surface area contributed by atoms with Gasteiger partial charge in [0.05, 0.1) is 0 Å².